The van der Waals surface area contributed by atoms with Gasteiger partial charge in [-0.2, -0.15) is 0 Å². The minimum Gasteiger partial charge on any atom is -0.394 e. The summed E-state index contributed by atoms with van der Waals surface area (Å²) >= 11 is 0. The molecule has 0 saturated carbocycles. The number of piperidine rings is 2. The van der Waals surface area contributed by atoms with Gasteiger partial charge < -0.3 is 15.5 Å². The lowest BCUT2D eigenvalue weighted by Gasteiger charge is -2.46. The Balaban J connectivity index is 1.76. The molecule has 3 heterocycles. The van der Waals surface area contributed by atoms with Crippen LogP contribution >= 0.6 is 0 Å². The molecule has 0 amide bonds. The third kappa shape index (κ3) is 2.03. The van der Waals surface area contributed by atoms with Crippen LogP contribution in [0.3, 0.4) is 0 Å². The maximum Gasteiger partial charge on any atom is 0.155 e. The number of nitrogens with zero attached hydrogens (tertiary/aromatic N) is 4. The predicted octanol–water partition coefficient (Wildman–Crippen LogP) is 0.979. The van der Waals surface area contributed by atoms with Crippen LogP contribution in [0.1, 0.15) is 19.3 Å². The van der Waals surface area contributed by atoms with E-state index in [0.717, 1.165) is 30.9 Å². The van der Waals surface area contributed by atoms with E-state index in [0.29, 0.717) is 5.69 Å². The number of likely N-dealkylation sites (tertiary alicyclic amines) is 1. The summed E-state index contributed by atoms with van der Waals surface area (Å²) in [5.41, 5.74) is 6.66. The highest BCUT2D eigenvalue weighted by Gasteiger charge is 2.34. The van der Waals surface area contributed by atoms with Crippen LogP contribution in [0.25, 0.3) is 0 Å². The fourth-order valence-corrected chi connectivity index (χ4v) is 3.44. The summed E-state index contributed by atoms with van der Waals surface area (Å²) in [6, 6.07) is 0.748. The van der Waals surface area contributed by atoms with Gasteiger partial charge in [-0.1, -0.05) is 0 Å². The first-order valence-corrected chi connectivity index (χ1v) is 6.76. The number of hydrogen-bond donors (Lipinski definition) is 1. The van der Waals surface area contributed by atoms with Crippen LogP contribution in [0, 0.1) is 5.92 Å². The van der Waals surface area contributed by atoms with Gasteiger partial charge in [0.05, 0.1) is 11.9 Å². The molecule has 2 aliphatic heterocycles. The van der Waals surface area contributed by atoms with Crippen LogP contribution in [0.4, 0.5) is 11.5 Å². The zero-order valence-corrected chi connectivity index (χ0v) is 10.9. The minimum absolute atomic E-state index is 0.695. The molecular formula is C13H21N5. The Hall–Kier alpha value is -1.36. The second-order valence-electron chi connectivity index (χ2n) is 5.49. The van der Waals surface area contributed by atoms with Crippen LogP contribution in [0.5, 0.6) is 0 Å². The first-order valence-electron chi connectivity index (χ1n) is 6.76. The van der Waals surface area contributed by atoms with Gasteiger partial charge in [0.1, 0.15) is 6.33 Å². The van der Waals surface area contributed by atoms with Crippen molar-refractivity contribution in [2.75, 3.05) is 37.3 Å². The molecule has 18 heavy (non-hydrogen) atoms. The molecule has 3 rings (SSSR count). The van der Waals surface area contributed by atoms with E-state index in [9.17, 15) is 0 Å². The lowest BCUT2D eigenvalue weighted by atomic mass is 9.84. The van der Waals surface area contributed by atoms with E-state index >= 15 is 0 Å². The van der Waals surface area contributed by atoms with Crippen molar-refractivity contribution in [1.29, 1.82) is 0 Å². The average Bonchev–Trinajstić information content (AvgIpc) is 2.39. The summed E-state index contributed by atoms with van der Waals surface area (Å²) in [6.45, 7) is 3.37. The molecule has 2 aliphatic rings. The molecule has 1 aromatic rings. The molecule has 2 unspecified atom stereocenters. The van der Waals surface area contributed by atoms with Crippen LogP contribution in [0.2, 0.25) is 0 Å². The SMILES string of the molecule is CN1CCCC2CN(c3ncncc3N)CCC21. The highest BCUT2D eigenvalue weighted by Crippen LogP contribution is 2.32. The molecule has 0 spiro atoms. The molecule has 2 saturated heterocycles. The Morgan fingerprint density at radius 2 is 2.22 bits per heavy atom. The molecule has 5 heteroatoms. The fraction of sp³-hybridized carbons (Fsp3) is 0.692. The normalized spacial score (nSPS) is 29.1. The van der Waals surface area contributed by atoms with E-state index in [4.69, 9.17) is 5.73 Å². The number of anilines is 2. The second-order valence-corrected chi connectivity index (χ2v) is 5.49. The molecule has 2 N–H and O–H groups in total. The van der Waals surface area contributed by atoms with E-state index in [-0.39, 0.29) is 0 Å². The number of nitrogen functional groups attached to an aromatic ring is 1. The van der Waals surface area contributed by atoms with Gasteiger partial charge in [-0.25, -0.2) is 9.97 Å². The number of fused-ring (bicyclic) bond motifs is 1. The monoisotopic (exact) mass is 247 g/mol. The Morgan fingerprint density at radius 1 is 1.33 bits per heavy atom. The van der Waals surface area contributed by atoms with Gasteiger partial charge in [0.15, 0.2) is 5.82 Å². The summed E-state index contributed by atoms with van der Waals surface area (Å²) in [4.78, 5) is 13.2. The molecule has 0 aromatic carbocycles. The molecular weight excluding hydrogens is 226 g/mol. The Kier molecular flexibility index (Phi) is 3.07. The van der Waals surface area contributed by atoms with E-state index in [1.807, 2.05) is 0 Å². The van der Waals surface area contributed by atoms with E-state index in [1.54, 1.807) is 12.5 Å². The molecule has 0 aliphatic carbocycles. The molecule has 0 radical (unpaired) electrons. The molecule has 5 nitrogen and oxygen atoms in total. The van der Waals surface area contributed by atoms with Crippen molar-refractivity contribution in [3.05, 3.63) is 12.5 Å². The Bertz CT molecular complexity index is 422. The number of nitrogens with two attached hydrogens (primary N) is 1. The molecule has 98 valence electrons. The van der Waals surface area contributed by atoms with Crippen molar-refractivity contribution >= 4 is 11.5 Å². The van der Waals surface area contributed by atoms with Crippen molar-refractivity contribution in [3.63, 3.8) is 0 Å². The summed E-state index contributed by atoms with van der Waals surface area (Å²) in [7, 11) is 2.26. The zero-order chi connectivity index (χ0) is 12.5. The topological polar surface area (TPSA) is 58.3 Å². The first kappa shape index (κ1) is 11.7. The molecule has 0 bridgehead atoms. The Morgan fingerprint density at radius 3 is 3.06 bits per heavy atom. The van der Waals surface area contributed by atoms with Crippen molar-refractivity contribution in [1.82, 2.24) is 14.9 Å². The van der Waals surface area contributed by atoms with Gasteiger partial charge >= 0.3 is 0 Å². The average molecular weight is 247 g/mol. The van der Waals surface area contributed by atoms with Crippen molar-refractivity contribution < 1.29 is 0 Å². The third-order valence-electron chi connectivity index (χ3n) is 4.36. The van der Waals surface area contributed by atoms with Crippen molar-refractivity contribution in [3.8, 4) is 0 Å². The van der Waals surface area contributed by atoms with E-state index in [1.165, 1.54) is 25.8 Å². The standard InChI is InChI=1S/C13H21N5/c1-17-5-2-3-10-8-18(6-4-12(10)17)13-11(14)7-15-9-16-13/h7,9-10,12H,2-6,8,14H2,1H3. The zero-order valence-electron chi connectivity index (χ0n) is 10.9. The van der Waals surface area contributed by atoms with E-state index in [2.05, 4.69) is 26.8 Å². The highest BCUT2D eigenvalue weighted by molar-refractivity contribution is 5.61. The molecule has 2 fully saturated rings. The summed E-state index contributed by atoms with van der Waals surface area (Å²) in [6.07, 6.45) is 7.14. The number of aromatic nitrogens is 2. The van der Waals surface area contributed by atoms with E-state index < -0.39 is 0 Å². The number of rotatable bonds is 1. The van der Waals surface area contributed by atoms with Crippen LogP contribution in [0.15, 0.2) is 12.5 Å². The molecule has 1 aromatic heterocycles. The third-order valence-corrected chi connectivity index (χ3v) is 4.36. The first-order chi connectivity index (χ1) is 8.75. The Labute approximate surface area is 108 Å². The maximum absolute atomic E-state index is 5.97. The van der Waals surface area contributed by atoms with Crippen molar-refractivity contribution in [2.24, 2.45) is 5.92 Å². The summed E-state index contributed by atoms with van der Waals surface area (Å²) in [5.74, 6) is 1.67. The van der Waals surface area contributed by atoms with Crippen LogP contribution < -0.4 is 10.6 Å². The van der Waals surface area contributed by atoms with Gasteiger partial charge in [-0.15, -0.1) is 0 Å². The quantitative estimate of drug-likeness (QED) is 0.801. The maximum atomic E-state index is 5.97. The van der Waals surface area contributed by atoms with Crippen LogP contribution in [-0.2, 0) is 0 Å². The van der Waals surface area contributed by atoms with Gasteiger partial charge in [0.2, 0.25) is 0 Å². The summed E-state index contributed by atoms with van der Waals surface area (Å²) in [5, 5.41) is 0. The lowest BCUT2D eigenvalue weighted by molar-refractivity contribution is 0.102. The van der Waals surface area contributed by atoms with Gasteiger partial charge in [0.25, 0.3) is 0 Å². The second kappa shape index (κ2) is 4.72. The smallest absolute Gasteiger partial charge is 0.155 e. The van der Waals surface area contributed by atoms with Gasteiger partial charge in [-0.05, 0) is 38.8 Å². The summed E-state index contributed by atoms with van der Waals surface area (Å²) < 4.78 is 0. The number of hydrogen-bond acceptors (Lipinski definition) is 5. The van der Waals surface area contributed by atoms with Gasteiger partial charge in [-0.3, -0.25) is 0 Å². The molecule has 2 atom stereocenters. The van der Waals surface area contributed by atoms with Crippen LogP contribution in [-0.4, -0.2) is 47.6 Å². The largest absolute Gasteiger partial charge is 0.394 e. The minimum atomic E-state index is 0.695. The lowest BCUT2D eigenvalue weighted by Crippen LogP contribution is -2.53. The highest BCUT2D eigenvalue weighted by atomic mass is 15.2. The van der Waals surface area contributed by atoms with Gasteiger partial charge in [0, 0.05) is 19.1 Å². The predicted molar refractivity (Wildman–Crippen MR) is 72.4 cm³/mol. The fourth-order valence-electron chi connectivity index (χ4n) is 3.44. The van der Waals surface area contributed by atoms with Crippen molar-refractivity contribution in [2.45, 2.75) is 25.3 Å².